The summed E-state index contributed by atoms with van der Waals surface area (Å²) in [5, 5.41) is 2.62. The minimum absolute atomic E-state index is 0.161. The van der Waals surface area contributed by atoms with E-state index in [0.717, 1.165) is 5.76 Å². The number of nitrogens with one attached hydrogen (secondary N) is 1. The highest BCUT2D eigenvalue weighted by atomic mass is 16.6. The summed E-state index contributed by atoms with van der Waals surface area (Å²) in [6.07, 6.45) is 2.02. The van der Waals surface area contributed by atoms with Crippen molar-refractivity contribution in [2.75, 3.05) is 6.54 Å². The number of likely N-dealkylation sites (tertiary alicyclic amines) is 1. The number of alkyl carbamates (subject to hydrolysis) is 1. The Hall–Kier alpha value is -2.51. The van der Waals surface area contributed by atoms with E-state index in [1.54, 1.807) is 53.9 Å². The van der Waals surface area contributed by atoms with Gasteiger partial charge in [0.15, 0.2) is 0 Å². The maximum absolute atomic E-state index is 12.6. The van der Waals surface area contributed by atoms with Gasteiger partial charge in [0.1, 0.15) is 29.5 Å². The number of rotatable bonds is 6. The van der Waals surface area contributed by atoms with E-state index < -0.39 is 29.3 Å². The minimum Gasteiger partial charge on any atom is -0.469 e. The van der Waals surface area contributed by atoms with Crippen LogP contribution < -0.4 is 5.32 Å². The van der Waals surface area contributed by atoms with Crippen LogP contribution in [0, 0.1) is 0 Å². The first-order valence-corrected chi connectivity index (χ1v) is 9.40. The van der Waals surface area contributed by atoms with E-state index >= 15 is 0 Å². The summed E-state index contributed by atoms with van der Waals surface area (Å²) in [6, 6.07) is 2.54. The van der Waals surface area contributed by atoms with Gasteiger partial charge in [-0.25, -0.2) is 4.79 Å². The Bertz CT molecular complexity index is 659. The zero-order valence-corrected chi connectivity index (χ0v) is 17.4. The summed E-state index contributed by atoms with van der Waals surface area (Å²) < 4.78 is 15.9. The van der Waals surface area contributed by atoms with Crippen molar-refractivity contribution in [2.24, 2.45) is 0 Å². The molecular formula is C20H30N2O6. The third kappa shape index (κ3) is 6.28. The maximum Gasteiger partial charge on any atom is 0.408 e. The molecule has 2 rings (SSSR count). The molecule has 1 aromatic rings. The number of ether oxygens (including phenoxy) is 2. The summed E-state index contributed by atoms with van der Waals surface area (Å²) in [5.74, 6) is -0.0479. The highest BCUT2D eigenvalue weighted by Crippen LogP contribution is 2.26. The molecule has 1 saturated heterocycles. The molecule has 0 radical (unpaired) electrons. The van der Waals surface area contributed by atoms with Crippen molar-refractivity contribution in [3.05, 3.63) is 24.2 Å². The molecule has 0 aromatic carbocycles. The predicted octanol–water partition coefficient (Wildman–Crippen LogP) is 2.66. The van der Waals surface area contributed by atoms with Gasteiger partial charge in [-0.05, 0) is 60.1 Å². The van der Waals surface area contributed by atoms with Crippen molar-refractivity contribution in [3.63, 3.8) is 0 Å². The lowest BCUT2D eigenvalue weighted by atomic mass is 9.90. The number of β-lactam (4-membered cyclic amide) rings is 1. The average Bonchev–Trinajstić information content (AvgIpc) is 3.02. The Morgan fingerprint density at radius 2 is 1.79 bits per heavy atom. The van der Waals surface area contributed by atoms with Crippen molar-refractivity contribution in [1.82, 2.24) is 10.2 Å². The van der Waals surface area contributed by atoms with E-state index in [-0.39, 0.29) is 18.5 Å². The summed E-state index contributed by atoms with van der Waals surface area (Å²) in [6.45, 7) is 10.4. The lowest BCUT2D eigenvalue weighted by Crippen LogP contribution is -2.71. The Balaban J connectivity index is 2.03. The molecule has 1 aliphatic heterocycles. The maximum atomic E-state index is 12.6. The molecule has 1 fully saturated rings. The zero-order chi connectivity index (χ0) is 21.1. The molecule has 1 aromatic heterocycles. The highest BCUT2D eigenvalue weighted by molar-refractivity contribution is 5.94. The number of furan rings is 1. The topological polar surface area (TPSA) is 98.1 Å². The zero-order valence-electron chi connectivity index (χ0n) is 17.4. The number of amides is 2. The SMILES string of the molecule is CC(C)(C)OC(=O)CN1C(=O)[C@@H](NC(=O)OC(C)(C)C)[C@H]1CCc1ccco1. The molecule has 1 N–H and O–H groups in total. The Labute approximate surface area is 165 Å². The number of carbonyl (C=O) groups excluding carboxylic acids is 3. The van der Waals surface area contributed by atoms with Crippen LogP contribution in [0.15, 0.2) is 22.8 Å². The van der Waals surface area contributed by atoms with E-state index in [9.17, 15) is 14.4 Å². The van der Waals surface area contributed by atoms with E-state index in [4.69, 9.17) is 13.9 Å². The number of carbonyl (C=O) groups is 3. The molecule has 2 amide bonds. The number of aryl methyl sites for hydroxylation is 1. The number of esters is 1. The van der Waals surface area contributed by atoms with Gasteiger partial charge >= 0.3 is 12.1 Å². The number of hydrogen-bond acceptors (Lipinski definition) is 6. The quantitative estimate of drug-likeness (QED) is 0.588. The molecule has 0 spiro atoms. The van der Waals surface area contributed by atoms with Gasteiger partial charge in [0.25, 0.3) is 0 Å². The van der Waals surface area contributed by atoms with Crippen molar-refractivity contribution in [2.45, 2.75) is 77.7 Å². The van der Waals surface area contributed by atoms with Gasteiger partial charge < -0.3 is 24.1 Å². The Morgan fingerprint density at radius 3 is 2.32 bits per heavy atom. The van der Waals surface area contributed by atoms with Gasteiger partial charge in [0, 0.05) is 6.42 Å². The summed E-state index contributed by atoms with van der Waals surface area (Å²) >= 11 is 0. The van der Waals surface area contributed by atoms with Crippen LogP contribution in [0.4, 0.5) is 4.79 Å². The lowest BCUT2D eigenvalue weighted by Gasteiger charge is -2.46. The van der Waals surface area contributed by atoms with Crippen molar-refractivity contribution >= 4 is 18.0 Å². The fraction of sp³-hybridized carbons (Fsp3) is 0.650. The Morgan fingerprint density at radius 1 is 1.14 bits per heavy atom. The normalized spacial score (nSPS) is 19.8. The highest BCUT2D eigenvalue weighted by Gasteiger charge is 2.49. The molecule has 28 heavy (non-hydrogen) atoms. The molecule has 0 saturated carbocycles. The summed E-state index contributed by atoms with van der Waals surface area (Å²) in [5.41, 5.74) is -1.31. The predicted molar refractivity (Wildman–Crippen MR) is 102 cm³/mol. The fourth-order valence-corrected chi connectivity index (χ4v) is 2.97. The van der Waals surface area contributed by atoms with E-state index in [2.05, 4.69) is 5.32 Å². The molecule has 0 unspecified atom stereocenters. The van der Waals surface area contributed by atoms with Crippen molar-refractivity contribution in [1.29, 1.82) is 0 Å². The molecule has 8 heteroatoms. The van der Waals surface area contributed by atoms with Crippen LogP contribution in [0.25, 0.3) is 0 Å². The second-order valence-corrected chi connectivity index (χ2v) is 8.86. The van der Waals surface area contributed by atoms with Crippen molar-refractivity contribution in [3.8, 4) is 0 Å². The first-order chi connectivity index (χ1) is 12.9. The molecule has 2 heterocycles. The second-order valence-electron chi connectivity index (χ2n) is 8.86. The average molecular weight is 394 g/mol. The molecule has 0 bridgehead atoms. The molecule has 1 aliphatic rings. The largest absolute Gasteiger partial charge is 0.469 e. The standard InChI is InChI=1S/C20H30N2O6/c1-19(2,3)27-15(23)12-22-14(10-9-13-8-7-11-26-13)16(17(22)24)21-18(25)28-20(4,5)6/h7-8,11,14,16H,9-10,12H2,1-6H3,(H,21,25)/t14-,16+/m1/s1. The first kappa shape index (κ1) is 21.8. The molecule has 156 valence electrons. The van der Waals surface area contributed by atoms with Gasteiger partial charge in [0.2, 0.25) is 5.91 Å². The van der Waals surface area contributed by atoms with E-state index in [0.29, 0.717) is 12.8 Å². The van der Waals surface area contributed by atoms with Crippen LogP contribution in [0.3, 0.4) is 0 Å². The lowest BCUT2D eigenvalue weighted by molar-refractivity contribution is -0.167. The monoisotopic (exact) mass is 394 g/mol. The van der Waals surface area contributed by atoms with Crippen LogP contribution in [0.2, 0.25) is 0 Å². The van der Waals surface area contributed by atoms with Crippen LogP contribution in [-0.4, -0.2) is 52.7 Å². The number of nitrogens with zero attached hydrogens (tertiary/aromatic N) is 1. The van der Waals surface area contributed by atoms with Gasteiger partial charge in [-0.3, -0.25) is 9.59 Å². The van der Waals surface area contributed by atoms with E-state index in [1.165, 1.54) is 4.90 Å². The van der Waals surface area contributed by atoms with Gasteiger partial charge in [0.05, 0.1) is 12.3 Å². The van der Waals surface area contributed by atoms with E-state index in [1.807, 2.05) is 6.07 Å². The Kier molecular flexibility index (Phi) is 6.41. The van der Waals surface area contributed by atoms with Crippen LogP contribution >= 0.6 is 0 Å². The smallest absolute Gasteiger partial charge is 0.408 e. The third-order valence-electron chi connectivity index (χ3n) is 3.99. The molecule has 2 atom stereocenters. The third-order valence-corrected chi connectivity index (χ3v) is 3.99. The van der Waals surface area contributed by atoms with Crippen LogP contribution in [0.1, 0.15) is 53.7 Å². The summed E-state index contributed by atoms with van der Waals surface area (Å²) in [7, 11) is 0. The molecular weight excluding hydrogens is 364 g/mol. The molecule has 8 nitrogen and oxygen atoms in total. The van der Waals surface area contributed by atoms with Gasteiger partial charge in [-0.1, -0.05) is 0 Å². The van der Waals surface area contributed by atoms with Crippen LogP contribution in [-0.2, 0) is 25.5 Å². The molecule has 0 aliphatic carbocycles. The van der Waals surface area contributed by atoms with Crippen molar-refractivity contribution < 1.29 is 28.3 Å². The number of hydrogen-bond donors (Lipinski definition) is 1. The summed E-state index contributed by atoms with van der Waals surface area (Å²) in [4.78, 5) is 38.2. The van der Waals surface area contributed by atoms with Gasteiger partial charge in [-0.15, -0.1) is 0 Å². The second kappa shape index (κ2) is 8.24. The van der Waals surface area contributed by atoms with Gasteiger partial charge in [-0.2, -0.15) is 0 Å². The van der Waals surface area contributed by atoms with Crippen LogP contribution in [0.5, 0.6) is 0 Å². The fourth-order valence-electron chi connectivity index (χ4n) is 2.97. The first-order valence-electron chi connectivity index (χ1n) is 9.40. The minimum atomic E-state index is -0.743.